The van der Waals surface area contributed by atoms with E-state index in [1.165, 1.54) is 11.3 Å². The van der Waals surface area contributed by atoms with E-state index in [1.807, 2.05) is 12.1 Å². The van der Waals surface area contributed by atoms with Gasteiger partial charge in [-0.2, -0.15) is 0 Å². The third-order valence-electron chi connectivity index (χ3n) is 2.38. The van der Waals surface area contributed by atoms with Gasteiger partial charge in [0.2, 0.25) is 5.79 Å². The Balaban J connectivity index is 2.24. The molecule has 0 bridgehead atoms. The highest BCUT2D eigenvalue weighted by atomic mass is 35.5. The molecule has 5 heteroatoms. The first-order valence-corrected chi connectivity index (χ1v) is 6.20. The molecule has 0 atom stereocenters. The molecule has 0 saturated carbocycles. The van der Waals surface area contributed by atoms with Crippen LogP contribution in [-0.4, -0.2) is 19.8 Å². The summed E-state index contributed by atoms with van der Waals surface area (Å²) in [6.45, 7) is 1.97. The summed E-state index contributed by atoms with van der Waals surface area (Å²) >= 11 is 7.41. The summed E-state index contributed by atoms with van der Waals surface area (Å²) in [5.41, 5.74) is 5.60. The van der Waals surface area contributed by atoms with Crippen LogP contribution in [0.1, 0.15) is 17.7 Å². The van der Waals surface area contributed by atoms with E-state index in [4.69, 9.17) is 26.8 Å². The molecule has 0 aliphatic carbocycles. The molecule has 2 rings (SSSR count). The van der Waals surface area contributed by atoms with Crippen molar-refractivity contribution >= 4 is 22.9 Å². The predicted molar refractivity (Wildman–Crippen MR) is 61.2 cm³/mol. The van der Waals surface area contributed by atoms with Crippen LogP contribution < -0.4 is 5.73 Å². The van der Waals surface area contributed by atoms with Gasteiger partial charge in [-0.3, -0.25) is 0 Å². The van der Waals surface area contributed by atoms with Crippen LogP contribution in [0.4, 0.5) is 0 Å². The minimum absolute atomic E-state index is 0.537. The molecule has 0 aromatic carbocycles. The van der Waals surface area contributed by atoms with Crippen molar-refractivity contribution in [1.29, 1.82) is 0 Å². The fraction of sp³-hybridized carbons (Fsp3) is 0.600. The second kappa shape index (κ2) is 4.80. The van der Waals surface area contributed by atoms with Crippen molar-refractivity contribution in [1.82, 2.24) is 0 Å². The summed E-state index contributed by atoms with van der Waals surface area (Å²) in [7, 11) is 0. The van der Waals surface area contributed by atoms with Gasteiger partial charge < -0.3 is 15.2 Å². The van der Waals surface area contributed by atoms with E-state index >= 15 is 0 Å². The van der Waals surface area contributed by atoms with Crippen LogP contribution in [0.2, 0.25) is 4.34 Å². The van der Waals surface area contributed by atoms with Crippen molar-refractivity contribution in [3.05, 3.63) is 21.3 Å². The number of nitrogens with two attached hydrogens (primary N) is 1. The van der Waals surface area contributed by atoms with Crippen molar-refractivity contribution < 1.29 is 9.47 Å². The van der Waals surface area contributed by atoms with E-state index in [0.717, 1.165) is 28.8 Å². The zero-order chi connectivity index (χ0) is 10.7. The minimum Gasteiger partial charge on any atom is -0.345 e. The maximum atomic E-state index is 5.92. The average Bonchev–Trinajstić information content (AvgIpc) is 2.67. The molecule has 2 N–H and O–H groups in total. The van der Waals surface area contributed by atoms with Gasteiger partial charge >= 0.3 is 0 Å². The van der Waals surface area contributed by atoms with Gasteiger partial charge in [0.15, 0.2) is 0 Å². The Morgan fingerprint density at radius 3 is 2.67 bits per heavy atom. The second-order valence-electron chi connectivity index (χ2n) is 3.45. The van der Waals surface area contributed by atoms with Crippen LogP contribution in [0.5, 0.6) is 0 Å². The first-order valence-electron chi connectivity index (χ1n) is 5.01. The van der Waals surface area contributed by atoms with Gasteiger partial charge in [0, 0.05) is 6.42 Å². The Morgan fingerprint density at radius 2 is 2.13 bits per heavy atom. The van der Waals surface area contributed by atoms with Crippen LogP contribution in [0, 0.1) is 0 Å². The topological polar surface area (TPSA) is 44.5 Å². The molecule has 15 heavy (non-hydrogen) atoms. The van der Waals surface area contributed by atoms with Gasteiger partial charge in [-0.1, -0.05) is 11.6 Å². The molecule has 3 nitrogen and oxygen atoms in total. The van der Waals surface area contributed by atoms with Gasteiger partial charge in [-0.15, -0.1) is 11.3 Å². The molecule has 1 aliphatic rings. The van der Waals surface area contributed by atoms with E-state index in [-0.39, 0.29) is 0 Å². The molecule has 1 aromatic rings. The van der Waals surface area contributed by atoms with Gasteiger partial charge in [0.05, 0.1) is 22.4 Å². The highest BCUT2D eigenvalue weighted by Gasteiger charge is 2.37. The molecule has 1 aliphatic heterocycles. The molecule has 2 heterocycles. The quantitative estimate of drug-likeness (QED) is 0.892. The minimum atomic E-state index is -0.648. The van der Waals surface area contributed by atoms with Crippen molar-refractivity contribution in [3.63, 3.8) is 0 Å². The Morgan fingerprint density at radius 1 is 1.40 bits per heavy atom. The molecule has 0 radical (unpaired) electrons. The van der Waals surface area contributed by atoms with E-state index < -0.39 is 5.79 Å². The number of rotatable bonds is 3. The lowest BCUT2D eigenvalue weighted by atomic mass is 10.1. The molecule has 0 spiro atoms. The maximum Gasteiger partial charge on any atom is 0.205 e. The number of ether oxygens (including phenoxy) is 2. The zero-order valence-corrected chi connectivity index (χ0v) is 9.94. The number of hydrogen-bond donors (Lipinski definition) is 1. The van der Waals surface area contributed by atoms with Gasteiger partial charge in [0.1, 0.15) is 0 Å². The van der Waals surface area contributed by atoms with E-state index in [1.54, 1.807) is 0 Å². The van der Waals surface area contributed by atoms with Crippen molar-refractivity contribution in [2.45, 2.75) is 18.6 Å². The van der Waals surface area contributed by atoms with Crippen LogP contribution >= 0.6 is 22.9 Å². The molecule has 1 saturated heterocycles. The van der Waals surface area contributed by atoms with E-state index in [0.29, 0.717) is 13.0 Å². The summed E-state index contributed by atoms with van der Waals surface area (Å²) in [6, 6.07) is 3.81. The molecule has 1 aromatic heterocycles. The Kier molecular flexibility index (Phi) is 3.64. The third-order valence-corrected chi connectivity index (χ3v) is 3.74. The van der Waals surface area contributed by atoms with Gasteiger partial charge in [0.25, 0.3) is 0 Å². The van der Waals surface area contributed by atoms with E-state index in [2.05, 4.69) is 0 Å². The lowest BCUT2D eigenvalue weighted by Gasteiger charge is -2.36. The highest BCUT2D eigenvalue weighted by molar-refractivity contribution is 7.16. The second-order valence-corrected chi connectivity index (χ2v) is 5.16. The molecular weight excluding hydrogens is 234 g/mol. The molecule has 0 amide bonds. The van der Waals surface area contributed by atoms with Crippen LogP contribution in [0.3, 0.4) is 0 Å². The summed E-state index contributed by atoms with van der Waals surface area (Å²) in [4.78, 5) is 1.01. The van der Waals surface area contributed by atoms with Crippen LogP contribution in [0.15, 0.2) is 12.1 Å². The number of hydrogen-bond acceptors (Lipinski definition) is 4. The Labute approximate surface area is 98.1 Å². The fourth-order valence-electron chi connectivity index (χ4n) is 1.69. The standard InChI is InChI=1S/C10H14ClNO2S/c11-9-3-2-8(15-9)10(4-5-12)13-6-1-7-14-10/h2-3H,1,4-7,12H2. The predicted octanol–water partition coefficient (Wildman–Crippen LogP) is 2.34. The Hall–Kier alpha value is -0.130. The number of thiophene rings is 1. The largest absolute Gasteiger partial charge is 0.345 e. The molecular formula is C10H14ClNO2S. The lowest BCUT2D eigenvalue weighted by Crippen LogP contribution is -2.39. The zero-order valence-electron chi connectivity index (χ0n) is 8.37. The van der Waals surface area contributed by atoms with Crippen molar-refractivity contribution in [2.24, 2.45) is 5.73 Å². The summed E-state index contributed by atoms with van der Waals surface area (Å²) in [5, 5.41) is 0. The lowest BCUT2D eigenvalue weighted by molar-refractivity contribution is -0.276. The first kappa shape index (κ1) is 11.4. The third kappa shape index (κ3) is 2.34. The Bertz CT molecular complexity index is 317. The van der Waals surface area contributed by atoms with Crippen molar-refractivity contribution in [2.75, 3.05) is 19.8 Å². The monoisotopic (exact) mass is 247 g/mol. The van der Waals surface area contributed by atoms with Crippen LogP contribution in [-0.2, 0) is 15.3 Å². The summed E-state index contributed by atoms with van der Waals surface area (Å²) < 4.78 is 12.3. The summed E-state index contributed by atoms with van der Waals surface area (Å²) in [5.74, 6) is -0.648. The maximum absolute atomic E-state index is 5.92. The van der Waals surface area contributed by atoms with Crippen molar-refractivity contribution in [3.8, 4) is 0 Å². The molecule has 0 unspecified atom stereocenters. The fourth-order valence-corrected chi connectivity index (χ4v) is 2.86. The average molecular weight is 248 g/mol. The van der Waals surface area contributed by atoms with Gasteiger partial charge in [-0.05, 0) is 25.1 Å². The number of halogens is 1. The smallest absolute Gasteiger partial charge is 0.205 e. The van der Waals surface area contributed by atoms with Gasteiger partial charge in [-0.25, -0.2) is 0 Å². The first-order chi connectivity index (χ1) is 7.27. The highest BCUT2D eigenvalue weighted by Crippen LogP contribution is 2.39. The normalized spacial score (nSPS) is 20.4. The van der Waals surface area contributed by atoms with Crippen LogP contribution in [0.25, 0.3) is 0 Å². The molecule has 84 valence electrons. The summed E-state index contributed by atoms with van der Waals surface area (Å²) in [6.07, 6.45) is 1.61. The SMILES string of the molecule is NCCC1(c2ccc(Cl)s2)OCCCO1. The molecule has 1 fully saturated rings. The van der Waals surface area contributed by atoms with E-state index in [9.17, 15) is 0 Å².